The lowest BCUT2D eigenvalue weighted by Gasteiger charge is -2.41. The first kappa shape index (κ1) is 16.6. The zero-order valence-electron chi connectivity index (χ0n) is 13.7. The van der Waals surface area contributed by atoms with Crippen molar-refractivity contribution < 1.29 is 19.5 Å². The van der Waals surface area contributed by atoms with Crippen LogP contribution in [0.1, 0.15) is 26.7 Å². The molecular formula is C15H34N3O+3. The Morgan fingerprint density at radius 1 is 1.16 bits per heavy atom. The minimum Gasteiger partial charge on any atom is -0.375 e. The monoisotopic (exact) mass is 272 g/mol. The molecule has 4 heteroatoms. The molecule has 0 aromatic heterocycles. The fourth-order valence-electron chi connectivity index (χ4n) is 3.16. The zero-order valence-corrected chi connectivity index (χ0v) is 13.7. The summed E-state index contributed by atoms with van der Waals surface area (Å²) in [6.45, 7) is 8.67. The molecule has 4 nitrogen and oxygen atoms in total. The van der Waals surface area contributed by atoms with Crippen LogP contribution in [0.3, 0.4) is 0 Å². The number of rotatable bonds is 6. The van der Waals surface area contributed by atoms with Crippen LogP contribution in [0.25, 0.3) is 0 Å². The van der Waals surface area contributed by atoms with Crippen molar-refractivity contribution in [1.29, 1.82) is 0 Å². The summed E-state index contributed by atoms with van der Waals surface area (Å²) in [4.78, 5) is 6.55. The Labute approximate surface area is 118 Å². The molecule has 1 aliphatic rings. The molecule has 112 valence electrons. The van der Waals surface area contributed by atoms with E-state index in [9.17, 15) is 0 Å². The largest absolute Gasteiger partial charge is 0.375 e. The van der Waals surface area contributed by atoms with Crippen LogP contribution in [0.2, 0.25) is 0 Å². The van der Waals surface area contributed by atoms with Gasteiger partial charge < -0.3 is 14.5 Å². The van der Waals surface area contributed by atoms with Crippen LogP contribution >= 0.6 is 0 Å². The lowest BCUT2D eigenvalue weighted by atomic mass is 9.74. The highest BCUT2D eigenvalue weighted by atomic mass is 16.5. The van der Waals surface area contributed by atoms with Crippen molar-refractivity contribution in [3.05, 3.63) is 0 Å². The van der Waals surface area contributed by atoms with Crippen LogP contribution in [0.15, 0.2) is 0 Å². The lowest BCUT2D eigenvalue weighted by molar-refractivity contribution is -0.867. The molecule has 1 heterocycles. The second-order valence-electron chi connectivity index (χ2n) is 7.34. The first-order valence-electron chi connectivity index (χ1n) is 7.55. The summed E-state index contributed by atoms with van der Waals surface area (Å²) in [6, 6.07) is 0. The van der Waals surface area contributed by atoms with Gasteiger partial charge in [0.1, 0.15) is 18.2 Å². The van der Waals surface area contributed by atoms with E-state index in [0.717, 1.165) is 32.5 Å². The van der Waals surface area contributed by atoms with E-state index in [2.05, 4.69) is 53.2 Å². The van der Waals surface area contributed by atoms with Gasteiger partial charge in [-0.2, -0.15) is 0 Å². The summed E-state index contributed by atoms with van der Waals surface area (Å²) in [7, 11) is 8.86. The minimum absolute atomic E-state index is 0.00131. The van der Waals surface area contributed by atoms with Gasteiger partial charge >= 0.3 is 0 Å². The van der Waals surface area contributed by atoms with Gasteiger partial charge in [-0.05, 0) is 26.7 Å². The average Bonchev–Trinajstić information content (AvgIpc) is 2.21. The molecule has 1 aliphatic heterocycles. The normalized spacial score (nSPS) is 27.6. The first-order valence-corrected chi connectivity index (χ1v) is 7.55. The van der Waals surface area contributed by atoms with Gasteiger partial charge in [-0.3, -0.25) is 0 Å². The van der Waals surface area contributed by atoms with Gasteiger partial charge in [0.05, 0.1) is 40.3 Å². The van der Waals surface area contributed by atoms with E-state index in [0.29, 0.717) is 0 Å². The fraction of sp³-hybridized carbons (Fsp3) is 0.933. The van der Waals surface area contributed by atoms with Gasteiger partial charge in [0.2, 0.25) is 0 Å². The highest BCUT2D eigenvalue weighted by molar-refractivity contribution is 5.60. The Bertz CT molecular complexity index is 300. The van der Waals surface area contributed by atoms with Crippen molar-refractivity contribution in [2.75, 3.05) is 54.4 Å². The summed E-state index contributed by atoms with van der Waals surface area (Å²) in [6.07, 6.45) is 4.60. The topological polar surface area (TPSA) is 32.1 Å². The van der Waals surface area contributed by atoms with Crippen LogP contribution in [0.5, 0.6) is 0 Å². The third-order valence-electron chi connectivity index (χ3n) is 3.75. The number of quaternary nitrogens is 2. The van der Waals surface area contributed by atoms with Crippen molar-refractivity contribution in [1.82, 2.24) is 0 Å². The number of ether oxygens (including phenoxy) is 1. The molecule has 3 N–H and O–H groups in total. The molecule has 0 unspecified atom stereocenters. The third-order valence-corrected chi connectivity index (χ3v) is 3.75. The molecular weight excluding hydrogens is 238 g/mol. The Hall–Kier alpha value is -0.450. The van der Waals surface area contributed by atoms with E-state index >= 15 is 0 Å². The molecule has 1 rings (SSSR count). The smallest absolute Gasteiger partial charge is 0.189 e. The van der Waals surface area contributed by atoms with E-state index in [1.54, 1.807) is 0 Å². The number of likely N-dealkylation sites (N-methyl/N-ethyl adjacent to an activating group) is 1. The fourth-order valence-corrected chi connectivity index (χ4v) is 3.16. The SMILES string of the molecule is C[NH+](C)CC[NH+]=C[C@]1(C[NH+](C)C)CCOC(C)(C)C1. The van der Waals surface area contributed by atoms with E-state index in [1.165, 1.54) is 16.3 Å². The molecule has 19 heavy (non-hydrogen) atoms. The van der Waals surface area contributed by atoms with Crippen LogP contribution in [-0.4, -0.2) is 66.2 Å². The Morgan fingerprint density at radius 3 is 2.37 bits per heavy atom. The molecule has 0 radical (unpaired) electrons. The van der Waals surface area contributed by atoms with Gasteiger partial charge in [0.25, 0.3) is 0 Å². The molecule has 0 amide bonds. The van der Waals surface area contributed by atoms with Crippen molar-refractivity contribution in [3.63, 3.8) is 0 Å². The molecule has 1 saturated heterocycles. The summed E-state index contributed by atoms with van der Waals surface area (Å²) < 4.78 is 5.89. The van der Waals surface area contributed by atoms with Gasteiger partial charge in [-0.1, -0.05) is 0 Å². The zero-order chi connectivity index (χ0) is 14.5. The predicted molar refractivity (Wildman–Crippen MR) is 78.9 cm³/mol. The van der Waals surface area contributed by atoms with E-state index in [1.807, 2.05) is 0 Å². The van der Waals surface area contributed by atoms with Crippen molar-refractivity contribution in [2.45, 2.75) is 32.3 Å². The average molecular weight is 272 g/mol. The standard InChI is InChI=1S/C15H31N3O/c1-14(2)11-15(7-10-19-14,13-18(5)6)12-16-8-9-17(3)4/h12H,7-11,13H2,1-6H3/p+3/t15-/m0/s1. The van der Waals surface area contributed by atoms with Crippen molar-refractivity contribution in [2.24, 2.45) is 5.41 Å². The Morgan fingerprint density at radius 2 is 1.84 bits per heavy atom. The summed E-state index contributed by atoms with van der Waals surface area (Å²) in [5.74, 6) is 0. The third kappa shape index (κ3) is 6.02. The summed E-state index contributed by atoms with van der Waals surface area (Å²) in [5, 5.41) is 0. The summed E-state index contributed by atoms with van der Waals surface area (Å²) >= 11 is 0. The van der Waals surface area contributed by atoms with Gasteiger partial charge in [-0.25, -0.2) is 4.99 Å². The summed E-state index contributed by atoms with van der Waals surface area (Å²) in [5.41, 5.74) is 0.265. The van der Waals surface area contributed by atoms with Crippen molar-refractivity contribution in [3.8, 4) is 0 Å². The predicted octanol–water partition coefficient (Wildman–Crippen LogP) is -3.00. The second-order valence-corrected chi connectivity index (χ2v) is 7.34. The number of nitrogens with one attached hydrogen (secondary N) is 3. The number of hydrogen-bond donors (Lipinski definition) is 3. The maximum absolute atomic E-state index is 5.89. The van der Waals surface area contributed by atoms with E-state index in [4.69, 9.17) is 4.74 Å². The molecule has 0 saturated carbocycles. The van der Waals surface area contributed by atoms with Crippen LogP contribution < -0.4 is 14.8 Å². The molecule has 0 aliphatic carbocycles. The quantitative estimate of drug-likeness (QED) is 0.443. The molecule has 0 spiro atoms. The molecule has 1 fully saturated rings. The van der Waals surface area contributed by atoms with Gasteiger partial charge in [0, 0.05) is 6.61 Å². The number of hydrogen-bond acceptors (Lipinski definition) is 1. The highest BCUT2D eigenvalue weighted by Gasteiger charge is 2.44. The molecule has 0 aromatic carbocycles. The minimum atomic E-state index is -0.00131. The molecule has 0 bridgehead atoms. The van der Waals surface area contributed by atoms with Gasteiger partial charge in [0.15, 0.2) is 6.54 Å². The second kappa shape index (κ2) is 6.82. The highest BCUT2D eigenvalue weighted by Crippen LogP contribution is 2.35. The Balaban J connectivity index is 2.70. The maximum atomic E-state index is 5.89. The first-order chi connectivity index (χ1) is 8.75. The van der Waals surface area contributed by atoms with Crippen LogP contribution in [-0.2, 0) is 4.74 Å². The van der Waals surface area contributed by atoms with Crippen LogP contribution in [0.4, 0.5) is 0 Å². The molecule has 1 atom stereocenters. The van der Waals surface area contributed by atoms with E-state index < -0.39 is 0 Å². The molecule has 0 aromatic rings. The van der Waals surface area contributed by atoms with Gasteiger partial charge in [-0.15, -0.1) is 0 Å². The lowest BCUT2D eigenvalue weighted by Crippen LogP contribution is -3.09. The van der Waals surface area contributed by atoms with E-state index in [-0.39, 0.29) is 11.0 Å². The maximum Gasteiger partial charge on any atom is 0.189 e. The Kier molecular flexibility index (Phi) is 5.96. The van der Waals surface area contributed by atoms with Crippen molar-refractivity contribution >= 4 is 6.21 Å². The van der Waals surface area contributed by atoms with Crippen LogP contribution in [0, 0.1) is 5.41 Å².